The molecular formula is C20H26N4O3. The van der Waals surface area contributed by atoms with E-state index in [1.807, 2.05) is 41.0 Å². The maximum atomic E-state index is 12.9. The number of benzene rings is 1. The van der Waals surface area contributed by atoms with Crippen molar-refractivity contribution in [1.29, 1.82) is 0 Å². The fraction of sp³-hybridized carbons (Fsp3) is 0.550. The number of nitrogens with one attached hydrogen (secondary N) is 1. The van der Waals surface area contributed by atoms with E-state index in [0.29, 0.717) is 26.2 Å². The van der Waals surface area contributed by atoms with Crippen LogP contribution in [0.4, 0.5) is 10.5 Å². The largest absolute Gasteiger partial charge is 0.342 e. The third kappa shape index (κ3) is 3.50. The minimum atomic E-state index is -0.273. The normalized spacial score (nSPS) is 23.9. The van der Waals surface area contributed by atoms with Crippen LogP contribution < -0.4 is 10.2 Å². The molecule has 3 fully saturated rings. The van der Waals surface area contributed by atoms with E-state index in [1.54, 1.807) is 4.90 Å². The third-order valence-corrected chi connectivity index (χ3v) is 5.93. The molecule has 0 bridgehead atoms. The summed E-state index contributed by atoms with van der Waals surface area (Å²) < 4.78 is 0. The van der Waals surface area contributed by atoms with Gasteiger partial charge < -0.3 is 20.0 Å². The highest BCUT2D eigenvalue weighted by atomic mass is 16.2. The highest BCUT2D eigenvalue weighted by Crippen LogP contribution is 2.28. The Bertz CT molecular complexity index is 740. The van der Waals surface area contributed by atoms with Gasteiger partial charge in [0.15, 0.2) is 0 Å². The number of likely N-dealkylation sites (tertiary alicyclic amines) is 1. The summed E-state index contributed by atoms with van der Waals surface area (Å²) in [6, 6.07) is 8.06. The molecule has 0 saturated carbocycles. The first-order valence-electron chi connectivity index (χ1n) is 9.73. The van der Waals surface area contributed by atoms with Crippen LogP contribution in [0.2, 0.25) is 0 Å². The molecule has 3 saturated heterocycles. The van der Waals surface area contributed by atoms with Crippen molar-refractivity contribution in [3.8, 4) is 0 Å². The van der Waals surface area contributed by atoms with Crippen molar-refractivity contribution in [2.75, 3.05) is 37.6 Å². The van der Waals surface area contributed by atoms with Gasteiger partial charge in [0, 0.05) is 50.9 Å². The molecule has 7 nitrogen and oxygen atoms in total. The first-order chi connectivity index (χ1) is 13.0. The van der Waals surface area contributed by atoms with Gasteiger partial charge in [0.25, 0.3) is 0 Å². The quantitative estimate of drug-likeness (QED) is 0.873. The van der Waals surface area contributed by atoms with Crippen molar-refractivity contribution in [2.24, 2.45) is 5.92 Å². The van der Waals surface area contributed by atoms with E-state index in [-0.39, 0.29) is 36.2 Å². The zero-order chi connectivity index (χ0) is 19.0. The van der Waals surface area contributed by atoms with Crippen LogP contribution >= 0.6 is 0 Å². The molecule has 4 rings (SSSR count). The second kappa shape index (κ2) is 7.21. The summed E-state index contributed by atoms with van der Waals surface area (Å²) in [7, 11) is 0. The van der Waals surface area contributed by atoms with E-state index >= 15 is 0 Å². The Morgan fingerprint density at radius 3 is 2.41 bits per heavy atom. The monoisotopic (exact) mass is 370 g/mol. The van der Waals surface area contributed by atoms with Crippen LogP contribution in [0.15, 0.2) is 24.3 Å². The van der Waals surface area contributed by atoms with Gasteiger partial charge in [-0.25, -0.2) is 4.79 Å². The standard InChI is InChI=1S/C20H26N4O3/c1-14-2-4-16(5-3-14)24-13-15(12-18(24)25)19(26)22-9-6-17(7-10-22)23-11-8-21-20(23)27/h2-5,15,17H,6-13H2,1H3,(H,21,27). The molecule has 1 N–H and O–H groups in total. The Kier molecular flexibility index (Phi) is 4.76. The molecule has 0 radical (unpaired) electrons. The van der Waals surface area contributed by atoms with E-state index < -0.39 is 0 Å². The lowest BCUT2D eigenvalue weighted by Gasteiger charge is -2.37. The zero-order valence-electron chi connectivity index (χ0n) is 15.7. The molecular weight excluding hydrogens is 344 g/mol. The van der Waals surface area contributed by atoms with Crippen molar-refractivity contribution in [1.82, 2.24) is 15.1 Å². The van der Waals surface area contributed by atoms with Gasteiger partial charge in [-0.05, 0) is 31.9 Å². The highest BCUT2D eigenvalue weighted by Gasteiger charge is 2.39. The van der Waals surface area contributed by atoms with Gasteiger partial charge in [-0.2, -0.15) is 0 Å². The average Bonchev–Trinajstić information content (AvgIpc) is 3.28. The van der Waals surface area contributed by atoms with Gasteiger partial charge in [0.2, 0.25) is 11.8 Å². The first-order valence-corrected chi connectivity index (χ1v) is 9.73. The van der Waals surface area contributed by atoms with Crippen molar-refractivity contribution >= 4 is 23.5 Å². The summed E-state index contributed by atoms with van der Waals surface area (Å²) in [6.07, 6.45) is 1.89. The van der Waals surface area contributed by atoms with Crippen molar-refractivity contribution in [3.63, 3.8) is 0 Å². The van der Waals surface area contributed by atoms with Crippen molar-refractivity contribution in [2.45, 2.75) is 32.2 Å². The summed E-state index contributed by atoms with van der Waals surface area (Å²) in [5, 5.41) is 2.84. The van der Waals surface area contributed by atoms with Gasteiger partial charge >= 0.3 is 6.03 Å². The van der Waals surface area contributed by atoms with E-state index in [2.05, 4.69) is 5.32 Å². The van der Waals surface area contributed by atoms with Crippen LogP contribution in [0, 0.1) is 12.8 Å². The number of urea groups is 1. The van der Waals surface area contributed by atoms with Gasteiger partial charge in [-0.1, -0.05) is 17.7 Å². The Morgan fingerprint density at radius 1 is 1.07 bits per heavy atom. The molecule has 27 heavy (non-hydrogen) atoms. The van der Waals surface area contributed by atoms with Crippen molar-refractivity contribution in [3.05, 3.63) is 29.8 Å². The molecule has 144 valence electrons. The summed E-state index contributed by atoms with van der Waals surface area (Å²) >= 11 is 0. The molecule has 3 heterocycles. The highest BCUT2D eigenvalue weighted by molar-refractivity contribution is 6.00. The first kappa shape index (κ1) is 17.8. The van der Waals surface area contributed by atoms with Crippen LogP contribution in [0.5, 0.6) is 0 Å². The molecule has 3 aliphatic heterocycles. The predicted molar refractivity (Wildman–Crippen MR) is 101 cm³/mol. The molecule has 1 unspecified atom stereocenters. The number of hydrogen-bond acceptors (Lipinski definition) is 3. The van der Waals surface area contributed by atoms with Gasteiger partial charge in [-0.15, -0.1) is 0 Å². The lowest BCUT2D eigenvalue weighted by molar-refractivity contribution is -0.137. The number of carbonyl (C=O) groups excluding carboxylic acids is 3. The number of nitrogens with zero attached hydrogens (tertiary/aromatic N) is 3. The summed E-state index contributed by atoms with van der Waals surface area (Å²) in [4.78, 5) is 42.7. The van der Waals surface area contributed by atoms with Gasteiger partial charge in [0.1, 0.15) is 0 Å². The Morgan fingerprint density at radius 2 is 1.78 bits per heavy atom. The predicted octanol–water partition coefficient (Wildman–Crippen LogP) is 1.36. The van der Waals surface area contributed by atoms with E-state index in [0.717, 1.165) is 30.6 Å². The minimum Gasteiger partial charge on any atom is -0.342 e. The maximum Gasteiger partial charge on any atom is 0.317 e. The Hall–Kier alpha value is -2.57. The summed E-state index contributed by atoms with van der Waals surface area (Å²) in [5.41, 5.74) is 2.01. The Balaban J connectivity index is 1.34. The number of amides is 4. The molecule has 1 aromatic rings. The van der Waals surface area contributed by atoms with Gasteiger partial charge in [-0.3, -0.25) is 9.59 Å². The third-order valence-electron chi connectivity index (χ3n) is 5.93. The van der Waals surface area contributed by atoms with Crippen LogP contribution in [0.1, 0.15) is 24.8 Å². The molecule has 0 aromatic heterocycles. The lowest BCUT2D eigenvalue weighted by atomic mass is 10.0. The van der Waals surface area contributed by atoms with Crippen LogP contribution in [-0.4, -0.2) is 66.4 Å². The smallest absolute Gasteiger partial charge is 0.317 e. The van der Waals surface area contributed by atoms with Crippen LogP contribution in [0.3, 0.4) is 0 Å². The number of rotatable bonds is 3. The number of anilines is 1. The lowest BCUT2D eigenvalue weighted by Crippen LogP contribution is -2.49. The molecule has 1 atom stereocenters. The summed E-state index contributed by atoms with van der Waals surface area (Å²) in [5.74, 6) is -0.187. The average molecular weight is 370 g/mol. The summed E-state index contributed by atoms with van der Waals surface area (Å²) in [6.45, 7) is 5.23. The molecule has 7 heteroatoms. The van der Waals surface area contributed by atoms with Gasteiger partial charge in [0.05, 0.1) is 5.92 Å². The maximum absolute atomic E-state index is 12.9. The second-order valence-electron chi connectivity index (χ2n) is 7.72. The fourth-order valence-electron chi connectivity index (χ4n) is 4.34. The van der Waals surface area contributed by atoms with E-state index in [4.69, 9.17) is 0 Å². The molecule has 1 aromatic carbocycles. The minimum absolute atomic E-state index is 0.00917. The molecule has 4 amide bonds. The number of piperidine rings is 1. The van der Waals surface area contributed by atoms with Crippen LogP contribution in [0.25, 0.3) is 0 Å². The number of aryl methyl sites for hydroxylation is 1. The molecule has 0 spiro atoms. The fourth-order valence-corrected chi connectivity index (χ4v) is 4.34. The SMILES string of the molecule is Cc1ccc(N2CC(C(=O)N3CCC(N4CCNC4=O)CC3)CC2=O)cc1. The number of carbonyl (C=O) groups is 3. The molecule has 3 aliphatic rings. The van der Waals surface area contributed by atoms with E-state index in [9.17, 15) is 14.4 Å². The Labute approximate surface area is 159 Å². The van der Waals surface area contributed by atoms with E-state index in [1.165, 1.54) is 0 Å². The van der Waals surface area contributed by atoms with Crippen molar-refractivity contribution < 1.29 is 14.4 Å². The zero-order valence-corrected chi connectivity index (χ0v) is 15.7. The van der Waals surface area contributed by atoms with Crippen LogP contribution in [-0.2, 0) is 9.59 Å². The second-order valence-corrected chi connectivity index (χ2v) is 7.72. The number of hydrogen-bond donors (Lipinski definition) is 1. The topological polar surface area (TPSA) is 73.0 Å². The molecule has 0 aliphatic carbocycles.